The van der Waals surface area contributed by atoms with Gasteiger partial charge in [-0.25, -0.2) is 66.7 Å². The zero-order valence-electron chi connectivity index (χ0n) is 72.6. The first-order chi connectivity index (χ1) is 64.2. The zero-order valence-corrected chi connectivity index (χ0v) is 74.2. The molecule has 8 N–H and O–H groups in total. The van der Waals surface area contributed by atoms with Crippen molar-refractivity contribution in [2.45, 2.75) is 136 Å². The first kappa shape index (κ1) is 85.7. The molecule has 0 bridgehead atoms. The van der Waals surface area contributed by atoms with E-state index in [9.17, 15) is 16.8 Å². The number of benzene rings is 3. The number of anilines is 5. The van der Waals surface area contributed by atoms with Gasteiger partial charge in [-0.15, -0.1) is 0 Å². The van der Waals surface area contributed by atoms with Gasteiger partial charge in [0.2, 0.25) is 17.8 Å². The summed E-state index contributed by atoms with van der Waals surface area (Å²) in [4.78, 5) is 66.7. The molecular weight excluding hydrogens is 1720 g/mol. The number of pyridine rings is 2. The lowest BCUT2D eigenvalue weighted by Gasteiger charge is -2.48. The SMILES string of the molecule is CS(=O)(=O)CCNc1ccc(-c2nc(C3(C4CCC(c5cnc(N)nc5)CC4)CCC3)no2)cn1.Cn1cc(-c2nc(C3(c4ccc(-c5cnc6[nH]ccc6n5)cc4)CCC3)no2)cn1.Nc1ncc(-c2ccc(C3(c4noc(-c5ccc(N6CCS(=O)(=O)CC6)nc5)n4)CCC3)cc2)cn1.Nc1ncc(-c2ccc(C3(c4noc(-c5cnn(C6COC6)c5)n4)CCC3)cc2)cn1. The van der Waals surface area contributed by atoms with E-state index in [4.69, 9.17) is 60.0 Å². The van der Waals surface area contributed by atoms with Crippen LogP contribution in [0, 0.1) is 5.92 Å². The Hall–Kier alpha value is -14.3. The summed E-state index contributed by atoms with van der Waals surface area (Å²) in [7, 11) is -4.08. The van der Waals surface area contributed by atoms with Gasteiger partial charge in [0.05, 0.1) is 99.3 Å². The molecule has 7 fully saturated rings. The standard InChI is InChI=1S/C25H25N7O3S.C24H31N7O3S.C22H21N7O2.C22H19N7O/c26-24-28-15-19(16-29-24)17-2-5-20(6-3-17)25(8-1-9-25)23-30-22(35-31-23)18-4-7-21(27-14-18)32-10-12-36(33,34)13-11-32;1-35(32,33)12-11-26-20-8-5-17(13-27-20)21-30-22(31-34-21)24(9-2-10-24)19-6-3-16(4-7-19)18-14-28-23(25)29-15-18;23-21-24-8-15(9-25-21)14-2-4-17(5-3-14)22(6-1-7-22)20-27-19(31-28-20)16-10-26-29(11-16)18-12-30-13-18;1-29-13-15(11-25-29)20-27-21(28-30-20)22(8-2-9-22)16-5-3-14(4-6-16)18-12-24-19-17(26-18)7-10-23-19/h2-7,14-16H,1,8-13H2,(H2,26,28,29);5,8,13-16,19H,2-4,6-7,9-12H2,1H3,(H,26,27)(H2,25,28,29);2-5,8-11,18H,1,6-7,12-13H2,(H2,23,24,25);3-7,10-13H,2,8-9H2,1H3,(H,23,24). The highest BCUT2D eigenvalue weighted by Crippen LogP contribution is 2.56. The third-order valence-corrected chi connectivity index (χ3v) is 29.7. The van der Waals surface area contributed by atoms with Crippen LogP contribution in [0.25, 0.3) is 90.5 Å². The molecule has 674 valence electrons. The normalized spacial score (nSPS) is 18.5. The molecule has 39 heteroatoms. The highest BCUT2D eigenvalue weighted by atomic mass is 32.2. The van der Waals surface area contributed by atoms with Gasteiger partial charge in [-0.1, -0.05) is 119 Å². The summed E-state index contributed by atoms with van der Waals surface area (Å²) in [6, 6.07) is 34.9. The van der Waals surface area contributed by atoms with Crippen LogP contribution in [0.3, 0.4) is 0 Å². The van der Waals surface area contributed by atoms with Gasteiger partial charge in [0, 0.05) is 123 Å². The van der Waals surface area contributed by atoms with Crippen LogP contribution in [0.1, 0.15) is 160 Å². The molecule has 0 atom stereocenters. The second kappa shape index (κ2) is 35.8. The summed E-state index contributed by atoms with van der Waals surface area (Å²) in [6.45, 7) is 2.60. The quantitative estimate of drug-likeness (QED) is 0.0421. The zero-order chi connectivity index (χ0) is 90.2. The number of ether oxygens (including phenoxy) is 1. The van der Waals surface area contributed by atoms with Crippen molar-refractivity contribution in [1.82, 2.24) is 115 Å². The number of hydrogen-bond acceptors (Lipinski definition) is 34. The summed E-state index contributed by atoms with van der Waals surface area (Å²) in [6.07, 6.45) is 43.3. The van der Waals surface area contributed by atoms with Gasteiger partial charge in [0.25, 0.3) is 23.6 Å². The second-order valence-electron chi connectivity index (χ2n) is 35.1. The number of nitrogens with two attached hydrogens (primary N) is 3. The number of aromatic amines is 1. The number of hydrogen-bond donors (Lipinski definition) is 5. The Labute approximate surface area is 758 Å². The molecule has 0 spiro atoms. The fraction of sp³-hybridized carbons (Fsp3) is 0.355. The Balaban J connectivity index is 0.000000110. The van der Waals surface area contributed by atoms with E-state index in [1.165, 1.54) is 29.4 Å². The number of nitrogens with zero attached hydrogens (tertiary/aromatic N) is 23. The molecule has 13 aromatic heterocycles. The Morgan fingerprint density at radius 2 is 0.932 bits per heavy atom. The molecule has 132 heavy (non-hydrogen) atoms. The summed E-state index contributed by atoms with van der Waals surface area (Å²) < 4.78 is 77.3. The molecule has 7 aliphatic rings. The molecule has 37 nitrogen and oxygen atoms in total. The van der Waals surface area contributed by atoms with E-state index < -0.39 is 19.7 Å². The maximum atomic E-state index is 11.7. The lowest BCUT2D eigenvalue weighted by Crippen LogP contribution is -2.44. The summed E-state index contributed by atoms with van der Waals surface area (Å²) in [5, 5.41) is 29.1. The van der Waals surface area contributed by atoms with Crippen molar-refractivity contribution in [2.24, 2.45) is 13.0 Å². The molecule has 5 aliphatic carbocycles. The second-order valence-corrected chi connectivity index (χ2v) is 39.7. The summed E-state index contributed by atoms with van der Waals surface area (Å²) in [5.74, 6) is 8.44. The van der Waals surface area contributed by atoms with Gasteiger partial charge in [-0.05, 0) is 153 Å². The fourth-order valence-electron chi connectivity index (χ4n) is 18.6. The molecule has 0 unspecified atom stereocenters. The maximum Gasteiger partial charge on any atom is 0.261 e. The fourth-order valence-corrected chi connectivity index (χ4v) is 20.3. The molecule has 0 amide bonds. The van der Waals surface area contributed by atoms with E-state index in [-0.39, 0.29) is 50.8 Å². The van der Waals surface area contributed by atoms with Crippen LogP contribution in [-0.2, 0) is 53.1 Å². The highest BCUT2D eigenvalue weighted by molar-refractivity contribution is 7.91. The van der Waals surface area contributed by atoms with Gasteiger partial charge >= 0.3 is 0 Å². The highest BCUT2D eigenvalue weighted by Gasteiger charge is 2.51. The van der Waals surface area contributed by atoms with Crippen molar-refractivity contribution in [2.75, 3.05) is 83.8 Å². The first-order valence-corrected chi connectivity index (χ1v) is 48.2. The number of nitrogens with one attached hydrogen (secondary N) is 2. The average molecular weight is 1810 g/mol. The van der Waals surface area contributed by atoms with Crippen LogP contribution in [0.5, 0.6) is 0 Å². The minimum Gasteiger partial charge on any atom is -0.377 e. The first-order valence-electron chi connectivity index (χ1n) is 44.3. The Morgan fingerprint density at radius 1 is 0.470 bits per heavy atom. The van der Waals surface area contributed by atoms with Crippen LogP contribution in [0.2, 0.25) is 0 Å². The minimum absolute atomic E-state index is 0.00902. The van der Waals surface area contributed by atoms with E-state index in [0.29, 0.717) is 91.9 Å². The molecule has 2 saturated heterocycles. The van der Waals surface area contributed by atoms with Crippen molar-refractivity contribution in [3.05, 3.63) is 235 Å². The topological polar surface area (TPSA) is 507 Å². The molecular formula is C93H96N28O9S2. The van der Waals surface area contributed by atoms with E-state index in [1.54, 1.807) is 66.5 Å². The number of rotatable bonds is 22. The number of nitrogen functional groups attached to an aromatic ring is 3. The van der Waals surface area contributed by atoms with Crippen LogP contribution in [-0.4, -0.2) is 188 Å². The molecule has 2 aliphatic heterocycles. The molecule has 15 heterocycles. The molecule has 23 rings (SSSR count). The van der Waals surface area contributed by atoms with Crippen LogP contribution in [0.15, 0.2) is 208 Å². The third-order valence-electron chi connectivity index (χ3n) is 27.1. The third kappa shape index (κ3) is 17.6. The largest absolute Gasteiger partial charge is 0.377 e. The Bertz CT molecular complexity index is 6930. The predicted octanol–water partition coefficient (Wildman–Crippen LogP) is 13.1. The van der Waals surface area contributed by atoms with Gasteiger partial charge < -0.3 is 55.2 Å². The van der Waals surface area contributed by atoms with Crippen LogP contribution in [0.4, 0.5) is 29.5 Å². The van der Waals surface area contributed by atoms with E-state index in [1.807, 2.05) is 71.9 Å². The predicted molar refractivity (Wildman–Crippen MR) is 490 cm³/mol. The van der Waals surface area contributed by atoms with Crippen molar-refractivity contribution < 1.29 is 39.7 Å². The Morgan fingerprint density at radius 3 is 1.39 bits per heavy atom. The van der Waals surface area contributed by atoms with Gasteiger partial charge in [0.1, 0.15) is 27.0 Å². The lowest BCUT2D eigenvalue weighted by atomic mass is 9.56. The molecule has 5 saturated carbocycles. The minimum atomic E-state index is -3.02. The number of aromatic nitrogens is 23. The van der Waals surface area contributed by atoms with Crippen molar-refractivity contribution in [3.63, 3.8) is 0 Å². The smallest absolute Gasteiger partial charge is 0.261 e. The number of sulfone groups is 2. The van der Waals surface area contributed by atoms with Crippen molar-refractivity contribution in [1.29, 1.82) is 0 Å². The number of H-pyrrole nitrogens is 1. The Kier molecular flexibility index (Phi) is 23.3. The van der Waals surface area contributed by atoms with Gasteiger partial charge in [0.15, 0.2) is 38.8 Å². The van der Waals surface area contributed by atoms with E-state index in [2.05, 4.69) is 164 Å². The van der Waals surface area contributed by atoms with E-state index >= 15 is 0 Å². The van der Waals surface area contributed by atoms with E-state index in [0.717, 1.165) is 192 Å². The van der Waals surface area contributed by atoms with Crippen molar-refractivity contribution >= 4 is 60.3 Å². The van der Waals surface area contributed by atoms with Gasteiger partial charge in [-0.2, -0.15) is 30.1 Å². The van der Waals surface area contributed by atoms with Crippen molar-refractivity contribution in [3.8, 4) is 79.3 Å². The molecule has 16 aromatic rings. The monoisotopic (exact) mass is 1810 g/mol. The average Bonchev–Trinajstić information content (AvgIpc) is 1.51. The molecule has 0 radical (unpaired) electrons. The number of aryl methyl sites for hydroxylation is 1. The molecule has 3 aromatic carbocycles. The summed E-state index contributed by atoms with van der Waals surface area (Å²) >= 11 is 0. The van der Waals surface area contributed by atoms with Gasteiger partial charge in [-0.3, -0.25) is 9.36 Å². The number of fused-ring (bicyclic) bond motifs is 1. The van der Waals surface area contributed by atoms with Crippen LogP contribution < -0.4 is 27.4 Å². The summed E-state index contributed by atoms with van der Waals surface area (Å²) in [5.41, 5.74) is 31.4. The van der Waals surface area contributed by atoms with Crippen LogP contribution >= 0.6 is 0 Å². The maximum absolute atomic E-state index is 11.7. The lowest BCUT2D eigenvalue weighted by molar-refractivity contribution is -0.0286.